The van der Waals surface area contributed by atoms with E-state index < -0.39 is 0 Å². The molecule has 1 aromatic carbocycles. The Hall–Kier alpha value is -2.29. The van der Waals surface area contributed by atoms with Gasteiger partial charge >= 0.3 is 0 Å². The van der Waals surface area contributed by atoms with Crippen LogP contribution in [0.1, 0.15) is 20.8 Å². The summed E-state index contributed by atoms with van der Waals surface area (Å²) < 4.78 is 5.08. The summed E-state index contributed by atoms with van der Waals surface area (Å²) in [6, 6.07) is 9.25. The Morgan fingerprint density at radius 1 is 1.38 bits per heavy atom. The van der Waals surface area contributed by atoms with Gasteiger partial charge in [-0.05, 0) is 23.8 Å². The molecule has 1 amide bonds. The summed E-state index contributed by atoms with van der Waals surface area (Å²) in [5.41, 5.74) is 1.58. The molecule has 2 aromatic rings. The van der Waals surface area contributed by atoms with Crippen molar-refractivity contribution in [3.63, 3.8) is 0 Å². The molecule has 0 saturated carbocycles. The van der Waals surface area contributed by atoms with Crippen LogP contribution in [0.5, 0.6) is 5.75 Å². The first-order chi connectivity index (χ1) is 10.2. The predicted octanol–water partition coefficient (Wildman–Crippen LogP) is 2.03. The number of methoxy groups -OCH3 is 1. The second kappa shape index (κ2) is 7.48. The quantitative estimate of drug-likeness (QED) is 0.850. The molecule has 0 fully saturated rings. The van der Waals surface area contributed by atoms with Crippen molar-refractivity contribution in [2.75, 3.05) is 13.7 Å². The third-order valence-corrected chi connectivity index (χ3v) is 3.61. The third kappa shape index (κ3) is 4.35. The Labute approximate surface area is 127 Å². The van der Waals surface area contributed by atoms with E-state index in [1.807, 2.05) is 24.3 Å². The van der Waals surface area contributed by atoms with Gasteiger partial charge in [-0.3, -0.25) is 4.79 Å². The van der Waals surface area contributed by atoms with Crippen LogP contribution in [-0.2, 0) is 6.54 Å². The third-order valence-electron chi connectivity index (χ3n) is 2.76. The van der Waals surface area contributed by atoms with E-state index >= 15 is 0 Å². The summed E-state index contributed by atoms with van der Waals surface area (Å²) in [6.07, 6.45) is 0. The van der Waals surface area contributed by atoms with Gasteiger partial charge < -0.3 is 15.2 Å². The SMILES string of the molecule is COc1ccc(CNC(=O)c2csc(C#CCO)c2)cc1. The molecule has 1 heterocycles. The van der Waals surface area contributed by atoms with Gasteiger partial charge in [0.1, 0.15) is 12.4 Å². The second-order valence-electron chi connectivity index (χ2n) is 4.19. The van der Waals surface area contributed by atoms with Crippen LogP contribution < -0.4 is 10.1 Å². The fraction of sp³-hybridized carbons (Fsp3) is 0.188. The maximum atomic E-state index is 12.0. The molecule has 1 aromatic heterocycles. The van der Waals surface area contributed by atoms with Crippen LogP contribution in [0.2, 0.25) is 0 Å². The van der Waals surface area contributed by atoms with E-state index in [1.54, 1.807) is 18.6 Å². The fourth-order valence-corrected chi connectivity index (χ4v) is 2.43. The molecule has 2 N–H and O–H groups in total. The van der Waals surface area contributed by atoms with Crippen molar-refractivity contribution in [2.24, 2.45) is 0 Å². The lowest BCUT2D eigenvalue weighted by molar-refractivity contribution is 0.0951. The van der Waals surface area contributed by atoms with Crippen molar-refractivity contribution >= 4 is 17.2 Å². The zero-order valence-corrected chi connectivity index (χ0v) is 12.4. The number of amides is 1. The Morgan fingerprint density at radius 3 is 2.81 bits per heavy atom. The minimum absolute atomic E-state index is 0.140. The molecule has 0 radical (unpaired) electrons. The van der Waals surface area contributed by atoms with Gasteiger partial charge in [0.05, 0.1) is 17.6 Å². The van der Waals surface area contributed by atoms with Gasteiger partial charge in [-0.15, -0.1) is 11.3 Å². The number of ether oxygens (including phenoxy) is 1. The summed E-state index contributed by atoms with van der Waals surface area (Å²) >= 11 is 1.38. The first kappa shape index (κ1) is 15.1. The number of carbonyl (C=O) groups excluding carboxylic acids is 1. The van der Waals surface area contributed by atoms with Crippen LogP contribution in [0.15, 0.2) is 35.7 Å². The van der Waals surface area contributed by atoms with Gasteiger partial charge in [0.2, 0.25) is 0 Å². The molecular weight excluding hydrogens is 286 g/mol. The number of benzene rings is 1. The molecular formula is C16H15NO3S. The second-order valence-corrected chi connectivity index (χ2v) is 5.10. The van der Waals surface area contributed by atoms with Crippen LogP contribution in [0, 0.1) is 11.8 Å². The van der Waals surface area contributed by atoms with Crippen molar-refractivity contribution < 1.29 is 14.6 Å². The van der Waals surface area contributed by atoms with E-state index in [-0.39, 0.29) is 12.5 Å². The number of aliphatic hydroxyl groups excluding tert-OH is 1. The van der Waals surface area contributed by atoms with Gasteiger partial charge in [0, 0.05) is 11.9 Å². The number of rotatable bonds is 4. The van der Waals surface area contributed by atoms with Crippen LogP contribution in [-0.4, -0.2) is 24.7 Å². The molecule has 108 valence electrons. The Balaban J connectivity index is 1.93. The Kier molecular flexibility index (Phi) is 5.38. The van der Waals surface area contributed by atoms with Crippen molar-refractivity contribution in [3.8, 4) is 17.6 Å². The van der Waals surface area contributed by atoms with Crippen molar-refractivity contribution in [2.45, 2.75) is 6.54 Å². The summed E-state index contributed by atoms with van der Waals surface area (Å²) in [7, 11) is 1.62. The average molecular weight is 301 g/mol. The first-order valence-electron chi connectivity index (χ1n) is 6.32. The predicted molar refractivity (Wildman–Crippen MR) is 82.4 cm³/mol. The lowest BCUT2D eigenvalue weighted by Gasteiger charge is -2.05. The summed E-state index contributed by atoms with van der Waals surface area (Å²) in [6.45, 7) is 0.271. The summed E-state index contributed by atoms with van der Waals surface area (Å²) in [4.78, 5) is 12.8. The highest BCUT2D eigenvalue weighted by Gasteiger charge is 2.07. The van der Waals surface area contributed by atoms with E-state index in [1.165, 1.54) is 11.3 Å². The maximum absolute atomic E-state index is 12.0. The normalized spacial score (nSPS) is 9.62. The molecule has 0 aliphatic heterocycles. The van der Waals surface area contributed by atoms with E-state index in [4.69, 9.17) is 9.84 Å². The lowest BCUT2D eigenvalue weighted by Crippen LogP contribution is -2.22. The van der Waals surface area contributed by atoms with E-state index in [0.717, 1.165) is 16.2 Å². The van der Waals surface area contributed by atoms with Crippen molar-refractivity contribution in [1.29, 1.82) is 0 Å². The number of carbonyl (C=O) groups is 1. The van der Waals surface area contributed by atoms with Gasteiger partial charge in [0.15, 0.2) is 0 Å². The molecule has 0 aliphatic rings. The van der Waals surface area contributed by atoms with Gasteiger partial charge in [-0.1, -0.05) is 24.0 Å². The maximum Gasteiger partial charge on any atom is 0.252 e. The summed E-state index contributed by atoms with van der Waals surface area (Å²) in [5, 5.41) is 13.2. The van der Waals surface area contributed by atoms with E-state index in [2.05, 4.69) is 17.2 Å². The smallest absolute Gasteiger partial charge is 0.252 e. The number of nitrogens with one attached hydrogen (secondary N) is 1. The lowest BCUT2D eigenvalue weighted by atomic mass is 10.2. The molecule has 5 heteroatoms. The monoisotopic (exact) mass is 301 g/mol. The molecule has 4 nitrogen and oxygen atoms in total. The standard InChI is InChI=1S/C16H15NO3S/c1-20-14-6-4-12(5-7-14)10-17-16(19)13-9-15(21-11-13)3-2-8-18/h4-7,9,11,18H,8,10H2,1H3,(H,17,19). The average Bonchev–Trinajstić information content (AvgIpc) is 3.00. The summed E-state index contributed by atoms with van der Waals surface area (Å²) in [5.74, 6) is 5.99. The van der Waals surface area contributed by atoms with Crippen LogP contribution in [0.25, 0.3) is 0 Å². The Morgan fingerprint density at radius 2 is 2.14 bits per heavy atom. The number of aliphatic hydroxyl groups is 1. The molecule has 0 saturated heterocycles. The van der Waals surface area contributed by atoms with Crippen LogP contribution >= 0.6 is 11.3 Å². The number of hydrogen-bond acceptors (Lipinski definition) is 4. The highest BCUT2D eigenvalue weighted by Crippen LogP contribution is 2.14. The highest BCUT2D eigenvalue weighted by molar-refractivity contribution is 7.10. The van der Waals surface area contributed by atoms with Gasteiger partial charge in [0.25, 0.3) is 5.91 Å². The molecule has 0 aliphatic carbocycles. The van der Waals surface area contributed by atoms with E-state index in [9.17, 15) is 4.79 Å². The number of hydrogen-bond donors (Lipinski definition) is 2. The number of thiophene rings is 1. The van der Waals surface area contributed by atoms with Gasteiger partial charge in [-0.2, -0.15) is 0 Å². The zero-order valence-electron chi connectivity index (χ0n) is 11.6. The van der Waals surface area contributed by atoms with Crippen molar-refractivity contribution in [3.05, 3.63) is 51.7 Å². The van der Waals surface area contributed by atoms with E-state index in [0.29, 0.717) is 12.1 Å². The molecule has 2 rings (SSSR count). The first-order valence-corrected chi connectivity index (χ1v) is 7.20. The van der Waals surface area contributed by atoms with Crippen molar-refractivity contribution in [1.82, 2.24) is 5.32 Å². The topological polar surface area (TPSA) is 58.6 Å². The highest BCUT2D eigenvalue weighted by atomic mass is 32.1. The minimum atomic E-state index is -0.184. The largest absolute Gasteiger partial charge is 0.497 e. The Bertz CT molecular complexity index is 665. The zero-order chi connectivity index (χ0) is 15.1. The fourth-order valence-electron chi connectivity index (χ4n) is 1.68. The van der Waals surface area contributed by atoms with Gasteiger partial charge in [-0.25, -0.2) is 0 Å². The molecule has 0 unspecified atom stereocenters. The van der Waals surface area contributed by atoms with Crippen LogP contribution in [0.3, 0.4) is 0 Å². The minimum Gasteiger partial charge on any atom is -0.497 e. The molecule has 0 bridgehead atoms. The molecule has 0 atom stereocenters. The van der Waals surface area contributed by atoms with Crippen LogP contribution in [0.4, 0.5) is 0 Å². The molecule has 21 heavy (non-hydrogen) atoms. The molecule has 0 spiro atoms.